The summed E-state index contributed by atoms with van der Waals surface area (Å²) in [6.07, 6.45) is 0.140. The van der Waals surface area contributed by atoms with Gasteiger partial charge in [-0.1, -0.05) is 13.3 Å². The van der Waals surface area contributed by atoms with Gasteiger partial charge in [-0.15, -0.1) is 0 Å². The van der Waals surface area contributed by atoms with E-state index in [0.29, 0.717) is 19.0 Å². The molecule has 100 valence electrons. The zero-order chi connectivity index (χ0) is 13.2. The molecule has 0 aromatic carbocycles. The average Bonchev–Trinajstić information content (AvgIpc) is 2.38. The summed E-state index contributed by atoms with van der Waals surface area (Å²) in [7, 11) is 0. The molecule has 0 aliphatic carbocycles. The Morgan fingerprint density at radius 1 is 1.44 bits per heavy atom. The molecule has 1 aromatic heterocycles. The highest BCUT2D eigenvalue weighted by molar-refractivity contribution is 5.48. The standard InChI is InChI=1S/C13H17F3N2/c1-2-10-5-4-8-18(9-10)12-11(13(14,15)16)6-3-7-17-12/h3,6-7,10H,2,4-5,8-9H2,1H3. The summed E-state index contributed by atoms with van der Waals surface area (Å²) < 4.78 is 38.7. The maximum Gasteiger partial charge on any atom is 0.419 e. The molecule has 2 heterocycles. The van der Waals surface area contributed by atoms with Crippen molar-refractivity contribution in [3.05, 3.63) is 23.9 Å². The Kier molecular flexibility index (Phi) is 3.78. The number of halogens is 3. The normalized spacial score (nSPS) is 21.1. The Labute approximate surface area is 105 Å². The first-order chi connectivity index (χ1) is 8.52. The van der Waals surface area contributed by atoms with E-state index in [-0.39, 0.29) is 5.82 Å². The summed E-state index contributed by atoms with van der Waals surface area (Å²) >= 11 is 0. The van der Waals surface area contributed by atoms with Gasteiger partial charge < -0.3 is 4.90 Å². The zero-order valence-corrected chi connectivity index (χ0v) is 10.4. The van der Waals surface area contributed by atoms with E-state index >= 15 is 0 Å². The van der Waals surface area contributed by atoms with Crippen molar-refractivity contribution < 1.29 is 13.2 Å². The van der Waals surface area contributed by atoms with Gasteiger partial charge in [-0.2, -0.15) is 13.2 Å². The number of anilines is 1. The molecule has 0 saturated carbocycles. The SMILES string of the molecule is CCC1CCCN(c2ncccc2C(F)(F)F)C1. The summed E-state index contributed by atoms with van der Waals surface area (Å²) in [4.78, 5) is 5.72. The molecular weight excluding hydrogens is 241 g/mol. The van der Waals surface area contributed by atoms with Gasteiger partial charge >= 0.3 is 6.18 Å². The second-order valence-electron chi connectivity index (χ2n) is 4.73. The summed E-state index contributed by atoms with van der Waals surface area (Å²) in [5.74, 6) is 0.560. The molecule has 5 heteroatoms. The lowest BCUT2D eigenvalue weighted by molar-refractivity contribution is -0.137. The van der Waals surface area contributed by atoms with Crippen LogP contribution in [0.2, 0.25) is 0 Å². The quantitative estimate of drug-likeness (QED) is 0.803. The number of hydrogen-bond acceptors (Lipinski definition) is 2. The van der Waals surface area contributed by atoms with Crippen LogP contribution in [0.3, 0.4) is 0 Å². The number of piperidine rings is 1. The van der Waals surface area contributed by atoms with Crippen molar-refractivity contribution in [2.45, 2.75) is 32.4 Å². The average molecular weight is 258 g/mol. The lowest BCUT2D eigenvalue weighted by Crippen LogP contribution is -2.37. The van der Waals surface area contributed by atoms with Gasteiger partial charge in [0.05, 0.1) is 5.56 Å². The third kappa shape index (κ3) is 2.76. The second kappa shape index (κ2) is 5.16. The Bertz CT molecular complexity index is 403. The van der Waals surface area contributed by atoms with E-state index in [2.05, 4.69) is 11.9 Å². The van der Waals surface area contributed by atoms with E-state index in [0.717, 1.165) is 25.3 Å². The van der Waals surface area contributed by atoms with Gasteiger partial charge in [-0.25, -0.2) is 4.98 Å². The predicted molar refractivity (Wildman–Crippen MR) is 64.5 cm³/mol. The van der Waals surface area contributed by atoms with E-state index in [9.17, 15) is 13.2 Å². The molecule has 18 heavy (non-hydrogen) atoms. The third-order valence-corrected chi connectivity index (χ3v) is 3.49. The van der Waals surface area contributed by atoms with Crippen LogP contribution in [0, 0.1) is 5.92 Å². The van der Waals surface area contributed by atoms with Crippen molar-refractivity contribution in [3.63, 3.8) is 0 Å². The molecule has 0 bridgehead atoms. The molecule has 1 aromatic rings. The van der Waals surface area contributed by atoms with E-state index in [4.69, 9.17) is 0 Å². The fraction of sp³-hybridized carbons (Fsp3) is 0.615. The van der Waals surface area contributed by atoms with Crippen LogP contribution < -0.4 is 4.90 Å². The van der Waals surface area contributed by atoms with Gasteiger partial charge in [0.1, 0.15) is 5.82 Å². The highest BCUT2D eigenvalue weighted by atomic mass is 19.4. The van der Waals surface area contributed by atoms with Gasteiger partial charge in [0, 0.05) is 19.3 Å². The monoisotopic (exact) mass is 258 g/mol. The number of alkyl halides is 3. The molecule has 0 spiro atoms. The van der Waals surface area contributed by atoms with Crippen molar-refractivity contribution in [1.82, 2.24) is 4.98 Å². The largest absolute Gasteiger partial charge is 0.419 e. The first kappa shape index (κ1) is 13.2. The Morgan fingerprint density at radius 2 is 2.22 bits per heavy atom. The Morgan fingerprint density at radius 3 is 2.89 bits per heavy atom. The minimum absolute atomic E-state index is 0.0863. The van der Waals surface area contributed by atoms with Crippen molar-refractivity contribution >= 4 is 5.82 Å². The molecule has 2 rings (SSSR count). The second-order valence-corrected chi connectivity index (χ2v) is 4.73. The summed E-state index contributed by atoms with van der Waals surface area (Å²) in [5, 5.41) is 0. The fourth-order valence-corrected chi connectivity index (χ4v) is 2.46. The van der Waals surface area contributed by atoms with Crippen molar-refractivity contribution in [3.8, 4) is 0 Å². The van der Waals surface area contributed by atoms with Crippen molar-refractivity contribution in [2.75, 3.05) is 18.0 Å². The molecular formula is C13H17F3N2. The van der Waals surface area contributed by atoms with Crippen LogP contribution in [0.1, 0.15) is 31.7 Å². The lowest BCUT2D eigenvalue weighted by atomic mass is 9.95. The minimum atomic E-state index is -4.33. The van der Waals surface area contributed by atoms with Crippen LogP contribution in [-0.2, 0) is 6.18 Å². The van der Waals surface area contributed by atoms with Crippen LogP contribution in [-0.4, -0.2) is 18.1 Å². The van der Waals surface area contributed by atoms with Crippen molar-refractivity contribution in [1.29, 1.82) is 0 Å². The topological polar surface area (TPSA) is 16.1 Å². The van der Waals surface area contributed by atoms with Gasteiger partial charge in [-0.05, 0) is 30.9 Å². The highest BCUT2D eigenvalue weighted by Crippen LogP contribution is 2.36. The molecule has 1 fully saturated rings. The smallest absolute Gasteiger partial charge is 0.356 e. The predicted octanol–water partition coefficient (Wildman–Crippen LogP) is 3.73. The van der Waals surface area contributed by atoms with Crippen molar-refractivity contribution in [2.24, 2.45) is 5.92 Å². The van der Waals surface area contributed by atoms with Crippen LogP contribution in [0.25, 0.3) is 0 Å². The van der Waals surface area contributed by atoms with E-state index in [1.54, 1.807) is 4.90 Å². The summed E-state index contributed by atoms with van der Waals surface area (Å²) in [5.41, 5.74) is -0.623. The molecule has 1 unspecified atom stereocenters. The molecule has 1 atom stereocenters. The Balaban J connectivity index is 2.27. The van der Waals surface area contributed by atoms with Crippen LogP contribution in [0.5, 0.6) is 0 Å². The van der Waals surface area contributed by atoms with Gasteiger partial charge in [0.15, 0.2) is 0 Å². The number of rotatable bonds is 2. The van der Waals surface area contributed by atoms with E-state index < -0.39 is 11.7 Å². The molecule has 0 N–H and O–H groups in total. The highest BCUT2D eigenvalue weighted by Gasteiger charge is 2.36. The van der Waals surface area contributed by atoms with Crippen LogP contribution >= 0.6 is 0 Å². The molecule has 1 saturated heterocycles. The summed E-state index contributed by atoms with van der Waals surface area (Å²) in [6.45, 7) is 3.42. The molecule has 0 radical (unpaired) electrons. The maximum atomic E-state index is 12.9. The maximum absolute atomic E-state index is 12.9. The number of hydrogen-bond donors (Lipinski definition) is 0. The number of aromatic nitrogens is 1. The first-order valence-electron chi connectivity index (χ1n) is 6.29. The molecule has 1 aliphatic rings. The van der Waals surface area contributed by atoms with E-state index in [1.165, 1.54) is 12.3 Å². The Hall–Kier alpha value is -1.26. The van der Waals surface area contributed by atoms with Crippen LogP contribution in [0.15, 0.2) is 18.3 Å². The molecule has 1 aliphatic heterocycles. The fourth-order valence-electron chi connectivity index (χ4n) is 2.46. The molecule has 2 nitrogen and oxygen atoms in total. The van der Waals surface area contributed by atoms with Gasteiger partial charge in [-0.3, -0.25) is 0 Å². The van der Waals surface area contributed by atoms with E-state index in [1.807, 2.05) is 0 Å². The van der Waals surface area contributed by atoms with Gasteiger partial charge in [0.25, 0.3) is 0 Å². The van der Waals surface area contributed by atoms with Gasteiger partial charge in [0.2, 0.25) is 0 Å². The zero-order valence-electron chi connectivity index (χ0n) is 10.4. The molecule has 0 amide bonds. The summed E-state index contributed by atoms with van der Waals surface area (Å²) in [6, 6.07) is 2.45. The minimum Gasteiger partial charge on any atom is -0.356 e. The third-order valence-electron chi connectivity index (χ3n) is 3.49. The number of nitrogens with zero attached hydrogens (tertiary/aromatic N) is 2. The first-order valence-corrected chi connectivity index (χ1v) is 6.29. The number of pyridine rings is 1. The van der Waals surface area contributed by atoms with Crippen LogP contribution in [0.4, 0.5) is 19.0 Å². The lowest BCUT2D eigenvalue weighted by Gasteiger charge is -2.34.